The Hall–Kier alpha value is -0.830. The average molecular weight is 254 g/mol. The molecule has 0 aromatic heterocycles. The lowest BCUT2D eigenvalue weighted by molar-refractivity contribution is -0.133. The maximum absolute atomic E-state index is 10.6. The van der Waals surface area contributed by atoms with Gasteiger partial charge in [0, 0.05) is 12.0 Å². The van der Waals surface area contributed by atoms with E-state index in [2.05, 4.69) is 27.4 Å². The molecule has 0 aromatic rings. The van der Waals surface area contributed by atoms with E-state index in [1.807, 2.05) is 0 Å². The van der Waals surface area contributed by atoms with Crippen LogP contribution in [0, 0.1) is 11.8 Å². The predicted molar refractivity (Wildman–Crippen MR) is 72.5 cm³/mol. The molecule has 0 amide bonds. The highest BCUT2D eigenvalue weighted by Crippen LogP contribution is 2.37. The Balaban J connectivity index is 2.35. The van der Waals surface area contributed by atoms with Crippen molar-refractivity contribution in [3.63, 3.8) is 0 Å². The molecule has 0 aliphatic heterocycles. The van der Waals surface area contributed by atoms with Crippen LogP contribution in [0.3, 0.4) is 0 Å². The molecule has 0 heterocycles. The number of hydrogen-bond donors (Lipinski definition) is 1. The second-order valence-electron chi connectivity index (χ2n) is 6.07. The molecular weight excluding hydrogens is 228 g/mol. The second-order valence-corrected chi connectivity index (χ2v) is 6.07. The molecule has 18 heavy (non-hydrogen) atoms. The van der Waals surface area contributed by atoms with E-state index in [4.69, 9.17) is 9.84 Å². The van der Waals surface area contributed by atoms with Crippen LogP contribution in [0.25, 0.3) is 0 Å². The van der Waals surface area contributed by atoms with Crippen molar-refractivity contribution in [3.05, 3.63) is 12.2 Å². The molecule has 3 heteroatoms. The van der Waals surface area contributed by atoms with Gasteiger partial charge in [0.2, 0.25) is 0 Å². The molecule has 0 atom stereocenters. The molecule has 0 unspecified atom stereocenters. The molecule has 0 radical (unpaired) electrons. The first-order chi connectivity index (χ1) is 8.33. The van der Waals surface area contributed by atoms with Gasteiger partial charge in [-0.1, -0.05) is 26.3 Å². The summed E-state index contributed by atoms with van der Waals surface area (Å²) in [5.74, 6) is 0.499. The molecule has 1 rings (SSSR count). The SMILES string of the molecule is C=C(CCOC(C)(C)C1CCC(C)CC1)C(=O)O. The number of hydrogen-bond acceptors (Lipinski definition) is 2. The number of carboxylic acids is 1. The van der Waals surface area contributed by atoms with Gasteiger partial charge in [0.1, 0.15) is 0 Å². The molecule has 3 nitrogen and oxygen atoms in total. The summed E-state index contributed by atoms with van der Waals surface area (Å²) in [6.45, 7) is 10.5. The zero-order valence-corrected chi connectivity index (χ0v) is 11.9. The summed E-state index contributed by atoms with van der Waals surface area (Å²) in [5, 5.41) is 8.73. The van der Waals surface area contributed by atoms with Crippen LogP contribution in [0.4, 0.5) is 0 Å². The Kier molecular flexibility index (Phi) is 5.39. The van der Waals surface area contributed by atoms with Crippen molar-refractivity contribution in [3.8, 4) is 0 Å². The molecule has 104 valence electrons. The standard InChI is InChI=1S/C15H26O3/c1-11-5-7-13(8-6-11)15(3,4)18-10-9-12(2)14(16)17/h11,13H,2,5-10H2,1,3-4H3,(H,16,17). The Labute approximate surface area is 110 Å². The first-order valence-electron chi connectivity index (χ1n) is 6.88. The maximum Gasteiger partial charge on any atom is 0.331 e. The summed E-state index contributed by atoms with van der Waals surface area (Å²) >= 11 is 0. The highest BCUT2D eigenvalue weighted by molar-refractivity contribution is 5.85. The van der Waals surface area contributed by atoms with Crippen LogP contribution in [-0.2, 0) is 9.53 Å². The zero-order chi connectivity index (χ0) is 13.8. The third kappa shape index (κ3) is 4.45. The normalized spacial score (nSPS) is 24.8. The van der Waals surface area contributed by atoms with Gasteiger partial charge in [-0.2, -0.15) is 0 Å². The first kappa shape index (κ1) is 15.2. The molecule has 1 N–H and O–H groups in total. The van der Waals surface area contributed by atoms with Gasteiger partial charge in [-0.15, -0.1) is 0 Å². The van der Waals surface area contributed by atoms with Crippen molar-refractivity contribution in [2.75, 3.05) is 6.61 Å². The van der Waals surface area contributed by atoms with E-state index in [0.717, 1.165) is 5.92 Å². The molecule has 1 aliphatic rings. The minimum Gasteiger partial charge on any atom is -0.478 e. The van der Waals surface area contributed by atoms with Crippen molar-refractivity contribution in [1.29, 1.82) is 0 Å². The fraction of sp³-hybridized carbons (Fsp3) is 0.800. The van der Waals surface area contributed by atoms with Gasteiger partial charge < -0.3 is 9.84 Å². The minimum atomic E-state index is -0.928. The molecule has 0 spiro atoms. The summed E-state index contributed by atoms with van der Waals surface area (Å²) in [4.78, 5) is 10.6. The van der Waals surface area contributed by atoms with Gasteiger partial charge >= 0.3 is 5.97 Å². The number of rotatable bonds is 6. The van der Waals surface area contributed by atoms with Crippen LogP contribution in [0.2, 0.25) is 0 Å². The lowest BCUT2D eigenvalue weighted by atomic mass is 9.75. The van der Waals surface area contributed by atoms with Gasteiger partial charge in [-0.05, 0) is 38.5 Å². The third-order valence-electron chi connectivity index (χ3n) is 4.18. The van der Waals surface area contributed by atoms with E-state index in [0.29, 0.717) is 18.9 Å². The highest BCUT2D eigenvalue weighted by atomic mass is 16.5. The Morgan fingerprint density at radius 2 is 1.89 bits per heavy atom. The number of carbonyl (C=O) groups is 1. The van der Waals surface area contributed by atoms with Crippen molar-refractivity contribution < 1.29 is 14.6 Å². The predicted octanol–water partition coefficient (Wildman–Crippen LogP) is 3.64. The quantitative estimate of drug-likeness (QED) is 0.736. The third-order valence-corrected chi connectivity index (χ3v) is 4.18. The van der Waals surface area contributed by atoms with Crippen molar-refractivity contribution in [2.24, 2.45) is 11.8 Å². The van der Waals surface area contributed by atoms with Crippen LogP contribution in [0.5, 0.6) is 0 Å². The summed E-state index contributed by atoms with van der Waals surface area (Å²) in [5.41, 5.74) is 0.0712. The molecule has 0 bridgehead atoms. The number of ether oxygens (including phenoxy) is 1. The van der Waals surface area contributed by atoms with E-state index in [1.165, 1.54) is 25.7 Å². The minimum absolute atomic E-state index is 0.154. The zero-order valence-electron chi connectivity index (χ0n) is 11.9. The average Bonchev–Trinajstić information content (AvgIpc) is 2.29. The van der Waals surface area contributed by atoms with Crippen molar-refractivity contribution >= 4 is 5.97 Å². The second kappa shape index (κ2) is 6.37. The number of carboxylic acid groups (broad SMARTS) is 1. The topological polar surface area (TPSA) is 46.5 Å². The fourth-order valence-corrected chi connectivity index (χ4v) is 2.62. The van der Waals surface area contributed by atoms with Crippen LogP contribution < -0.4 is 0 Å². The summed E-state index contributed by atoms with van der Waals surface area (Å²) in [6, 6.07) is 0. The molecule has 1 saturated carbocycles. The highest BCUT2D eigenvalue weighted by Gasteiger charge is 2.32. The lowest BCUT2D eigenvalue weighted by Gasteiger charge is -2.38. The van der Waals surface area contributed by atoms with Crippen molar-refractivity contribution in [2.45, 2.75) is 58.5 Å². The first-order valence-corrected chi connectivity index (χ1v) is 6.88. The number of aliphatic carboxylic acids is 1. The Morgan fingerprint density at radius 1 is 1.33 bits per heavy atom. The van der Waals surface area contributed by atoms with Gasteiger partial charge in [0.15, 0.2) is 0 Å². The lowest BCUT2D eigenvalue weighted by Crippen LogP contribution is -2.37. The summed E-state index contributed by atoms with van der Waals surface area (Å²) < 4.78 is 5.90. The van der Waals surface area contributed by atoms with Crippen molar-refractivity contribution in [1.82, 2.24) is 0 Å². The summed E-state index contributed by atoms with van der Waals surface area (Å²) in [7, 11) is 0. The van der Waals surface area contributed by atoms with E-state index in [-0.39, 0.29) is 11.2 Å². The van der Waals surface area contributed by atoms with E-state index >= 15 is 0 Å². The van der Waals surface area contributed by atoms with Crippen LogP contribution in [0.1, 0.15) is 52.9 Å². The molecule has 1 aliphatic carbocycles. The monoisotopic (exact) mass is 254 g/mol. The van der Waals surface area contributed by atoms with Crippen LogP contribution in [-0.4, -0.2) is 23.3 Å². The molecule has 0 aromatic carbocycles. The van der Waals surface area contributed by atoms with Gasteiger partial charge in [0.25, 0.3) is 0 Å². The Bertz CT molecular complexity index is 299. The van der Waals surface area contributed by atoms with E-state index in [9.17, 15) is 4.79 Å². The smallest absolute Gasteiger partial charge is 0.331 e. The van der Waals surface area contributed by atoms with Gasteiger partial charge in [0.05, 0.1) is 12.2 Å². The van der Waals surface area contributed by atoms with Crippen LogP contribution >= 0.6 is 0 Å². The Morgan fingerprint density at radius 3 is 2.39 bits per heavy atom. The van der Waals surface area contributed by atoms with Gasteiger partial charge in [-0.25, -0.2) is 4.79 Å². The molecule has 1 fully saturated rings. The molecular formula is C15H26O3. The largest absolute Gasteiger partial charge is 0.478 e. The van der Waals surface area contributed by atoms with E-state index < -0.39 is 5.97 Å². The maximum atomic E-state index is 10.6. The van der Waals surface area contributed by atoms with Gasteiger partial charge in [-0.3, -0.25) is 0 Å². The molecule has 0 saturated heterocycles. The van der Waals surface area contributed by atoms with Crippen LogP contribution in [0.15, 0.2) is 12.2 Å². The van der Waals surface area contributed by atoms with E-state index in [1.54, 1.807) is 0 Å². The summed E-state index contributed by atoms with van der Waals surface area (Å²) in [6.07, 6.45) is 5.39. The fourth-order valence-electron chi connectivity index (χ4n) is 2.62.